The molecule has 2 N–H and O–H groups in total. The lowest BCUT2D eigenvalue weighted by Gasteiger charge is -2.29. The number of anilines is 1. The van der Waals surface area contributed by atoms with E-state index in [9.17, 15) is 26.4 Å². The molecule has 0 bridgehead atoms. The highest BCUT2D eigenvalue weighted by Crippen LogP contribution is 2.32. The lowest BCUT2D eigenvalue weighted by atomic mass is 10.2. The maximum atomic E-state index is 12.9. The van der Waals surface area contributed by atoms with Gasteiger partial charge in [-0.05, 0) is 35.9 Å². The van der Waals surface area contributed by atoms with E-state index >= 15 is 0 Å². The largest absolute Gasteiger partial charge is 0.478 e. The lowest BCUT2D eigenvalue weighted by Crippen LogP contribution is -2.43. The normalized spacial score (nSPS) is 15.7. The van der Waals surface area contributed by atoms with Crippen molar-refractivity contribution in [2.75, 3.05) is 19.4 Å². The number of aromatic carboxylic acids is 1. The van der Waals surface area contributed by atoms with Crippen molar-refractivity contribution in [3.05, 3.63) is 53.6 Å². The van der Waals surface area contributed by atoms with Crippen molar-refractivity contribution in [1.82, 2.24) is 8.61 Å². The van der Waals surface area contributed by atoms with Gasteiger partial charge in [0.1, 0.15) is 4.90 Å². The second kappa shape index (κ2) is 7.13. The SMILES string of the molecule is CN(C)S(=O)(=O)c1ccc(CN2C(=O)Nc3ccc(C(=O)O)cc3S2(=O)=O)cc1. The van der Waals surface area contributed by atoms with Crippen LogP contribution >= 0.6 is 0 Å². The Kier molecular flexibility index (Phi) is 5.11. The van der Waals surface area contributed by atoms with Crippen molar-refractivity contribution >= 4 is 37.7 Å². The Morgan fingerprint density at radius 2 is 1.76 bits per heavy atom. The fourth-order valence-corrected chi connectivity index (χ4v) is 5.07. The van der Waals surface area contributed by atoms with Crippen LogP contribution in [0.25, 0.3) is 0 Å². The summed E-state index contributed by atoms with van der Waals surface area (Å²) >= 11 is 0. The molecule has 0 atom stereocenters. The van der Waals surface area contributed by atoms with Gasteiger partial charge < -0.3 is 10.4 Å². The number of fused-ring (bicyclic) bond motifs is 1. The first-order chi connectivity index (χ1) is 13.4. The predicted molar refractivity (Wildman–Crippen MR) is 102 cm³/mol. The summed E-state index contributed by atoms with van der Waals surface area (Å²) in [4.78, 5) is 23.2. The maximum Gasteiger partial charge on any atom is 0.336 e. The predicted octanol–water partition coefficient (Wildman–Crippen LogP) is 1.37. The quantitative estimate of drug-likeness (QED) is 0.717. The molecule has 29 heavy (non-hydrogen) atoms. The molecule has 2 amide bonds. The monoisotopic (exact) mass is 439 g/mol. The topological polar surface area (TPSA) is 141 Å². The van der Waals surface area contributed by atoms with Gasteiger partial charge >= 0.3 is 12.0 Å². The van der Waals surface area contributed by atoms with Crippen LogP contribution in [0.1, 0.15) is 15.9 Å². The van der Waals surface area contributed by atoms with Crippen molar-refractivity contribution in [2.45, 2.75) is 16.3 Å². The van der Waals surface area contributed by atoms with E-state index in [1.54, 1.807) is 0 Å². The molecule has 0 aromatic heterocycles. The molecule has 0 spiro atoms. The van der Waals surface area contributed by atoms with E-state index in [0.717, 1.165) is 10.4 Å². The molecule has 1 aliphatic rings. The van der Waals surface area contributed by atoms with Gasteiger partial charge in [0.25, 0.3) is 10.0 Å². The van der Waals surface area contributed by atoms with Crippen molar-refractivity contribution in [2.24, 2.45) is 0 Å². The van der Waals surface area contributed by atoms with Crippen LogP contribution in [0.2, 0.25) is 0 Å². The molecular formula is C17H17N3O7S2. The van der Waals surface area contributed by atoms with Gasteiger partial charge in [-0.3, -0.25) is 0 Å². The zero-order valence-electron chi connectivity index (χ0n) is 15.4. The number of nitrogens with zero attached hydrogens (tertiary/aromatic N) is 2. The molecule has 0 radical (unpaired) electrons. The van der Waals surface area contributed by atoms with Crippen molar-refractivity contribution in [1.29, 1.82) is 0 Å². The van der Waals surface area contributed by atoms with Gasteiger partial charge in [-0.25, -0.2) is 35.0 Å². The molecule has 0 saturated heterocycles. The first-order valence-electron chi connectivity index (χ1n) is 8.17. The Bertz CT molecular complexity index is 1200. The zero-order chi connectivity index (χ0) is 21.6. The summed E-state index contributed by atoms with van der Waals surface area (Å²) in [7, 11) is -5.18. The van der Waals surface area contributed by atoms with E-state index in [-0.39, 0.29) is 27.6 Å². The smallest absolute Gasteiger partial charge is 0.336 e. The molecule has 0 unspecified atom stereocenters. The maximum absolute atomic E-state index is 12.9. The van der Waals surface area contributed by atoms with Crippen molar-refractivity contribution < 1.29 is 31.5 Å². The van der Waals surface area contributed by atoms with Gasteiger partial charge in [0, 0.05) is 14.1 Å². The minimum Gasteiger partial charge on any atom is -0.478 e. The number of benzene rings is 2. The lowest BCUT2D eigenvalue weighted by molar-refractivity contribution is 0.0696. The summed E-state index contributed by atoms with van der Waals surface area (Å²) in [5.74, 6) is -1.30. The van der Waals surface area contributed by atoms with Gasteiger partial charge in [-0.15, -0.1) is 0 Å². The molecule has 1 aliphatic heterocycles. The number of hydrogen-bond acceptors (Lipinski definition) is 6. The Labute approximate surface area is 167 Å². The number of carboxylic acids is 1. The molecule has 2 aromatic carbocycles. The van der Waals surface area contributed by atoms with Crippen LogP contribution in [-0.4, -0.2) is 56.6 Å². The molecule has 0 fully saturated rings. The zero-order valence-corrected chi connectivity index (χ0v) is 17.0. The number of rotatable bonds is 5. The second-order valence-corrected chi connectivity index (χ2v) is 10.4. The summed E-state index contributed by atoms with van der Waals surface area (Å²) in [6, 6.07) is 7.93. The molecule has 1 heterocycles. The van der Waals surface area contributed by atoms with E-state index in [1.807, 2.05) is 0 Å². The number of carbonyl (C=O) groups excluding carboxylic acids is 1. The van der Waals surface area contributed by atoms with E-state index in [0.29, 0.717) is 9.87 Å². The molecule has 0 aliphatic carbocycles. The summed E-state index contributed by atoms with van der Waals surface area (Å²) < 4.78 is 51.6. The van der Waals surface area contributed by atoms with Crippen LogP contribution in [0.5, 0.6) is 0 Å². The highest BCUT2D eigenvalue weighted by atomic mass is 32.2. The van der Waals surface area contributed by atoms with Crippen LogP contribution in [0.4, 0.5) is 10.5 Å². The first kappa shape index (κ1) is 20.8. The molecule has 2 aromatic rings. The Morgan fingerprint density at radius 1 is 1.14 bits per heavy atom. The van der Waals surface area contributed by atoms with Crippen LogP contribution in [-0.2, 0) is 26.6 Å². The fraction of sp³-hybridized carbons (Fsp3) is 0.176. The third kappa shape index (κ3) is 3.69. The Hall–Kier alpha value is -2.96. The van der Waals surface area contributed by atoms with Crippen molar-refractivity contribution in [3.8, 4) is 0 Å². The Morgan fingerprint density at radius 3 is 2.31 bits per heavy atom. The average molecular weight is 439 g/mol. The van der Waals surface area contributed by atoms with Gasteiger partial charge in [-0.2, -0.15) is 0 Å². The average Bonchev–Trinajstić information content (AvgIpc) is 2.65. The van der Waals surface area contributed by atoms with Crippen molar-refractivity contribution in [3.63, 3.8) is 0 Å². The van der Waals surface area contributed by atoms with Gasteiger partial charge in [-0.1, -0.05) is 12.1 Å². The number of amides is 2. The third-order valence-corrected chi connectivity index (χ3v) is 7.89. The third-order valence-electron chi connectivity index (χ3n) is 4.29. The van der Waals surface area contributed by atoms with Gasteiger partial charge in [0.05, 0.1) is 22.7 Å². The van der Waals surface area contributed by atoms with Crippen LogP contribution in [0.3, 0.4) is 0 Å². The second-order valence-electron chi connectivity index (χ2n) is 6.39. The standard InChI is InChI=1S/C17H17N3O7S2/c1-19(2)28(24,25)13-6-3-11(4-7-13)10-20-17(23)18-14-8-5-12(16(21)22)9-15(14)29(20,26)27/h3-9H,10H2,1-2H3,(H,18,23)(H,21,22). The number of carboxylic acid groups (broad SMARTS) is 1. The number of carbonyl (C=O) groups is 2. The van der Waals surface area contributed by atoms with Crippen LogP contribution in [0.15, 0.2) is 52.3 Å². The van der Waals surface area contributed by atoms with Crippen LogP contribution < -0.4 is 5.32 Å². The summed E-state index contributed by atoms with van der Waals surface area (Å²) in [6.45, 7) is -0.354. The number of urea groups is 1. The molecule has 154 valence electrons. The molecule has 3 rings (SSSR count). The Balaban J connectivity index is 1.95. The van der Waals surface area contributed by atoms with Crippen LogP contribution in [0, 0.1) is 0 Å². The molecule has 12 heteroatoms. The number of sulfonamides is 2. The summed E-state index contributed by atoms with van der Waals surface area (Å²) in [6.07, 6.45) is 0. The highest BCUT2D eigenvalue weighted by molar-refractivity contribution is 7.90. The fourth-order valence-electron chi connectivity index (χ4n) is 2.68. The minimum absolute atomic E-state index is 0.0105. The van der Waals surface area contributed by atoms with E-state index in [2.05, 4.69) is 5.32 Å². The molecule has 10 nitrogen and oxygen atoms in total. The first-order valence-corrected chi connectivity index (χ1v) is 11.0. The number of hydrogen-bond donors (Lipinski definition) is 2. The summed E-state index contributed by atoms with van der Waals surface area (Å²) in [5, 5.41) is 11.5. The molecule has 0 saturated carbocycles. The van der Waals surface area contributed by atoms with Gasteiger partial charge in [0.2, 0.25) is 10.0 Å². The summed E-state index contributed by atoms with van der Waals surface area (Å²) in [5.41, 5.74) is 0.129. The van der Waals surface area contributed by atoms with E-state index in [1.165, 1.54) is 50.5 Å². The van der Waals surface area contributed by atoms with Gasteiger partial charge in [0.15, 0.2) is 0 Å². The highest BCUT2D eigenvalue weighted by Gasteiger charge is 2.37. The van der Waals surface area contributed by atoms with E-state index in [4.69, 9.17) is 5.11 Å². The number of nitrogens with one attached hydrogen (secondary N) is 1. The molecular weight excluding hydrogens is 422 g/mol. The minimum atomic E-state index is -4.31. The van der Waals surface area contributed by atoms with E-state index < -0.39 is 32.0 Å².